The molecule has 2 aromatic rings. The molecule has 1 aromatic carbocycles. The number of aromatic nitrogens is 1. The Kier molecular flexibility index (Phi) is 6.59. The molecule has 0 bridgehead atoms. The van der Waals surface area contributed by atoms with E-state index in [0.29, 0.717) is 44.5 Å². The molecule has 0 spiro atoms. The van der Waals surface area contributed by atoms with Crippen LogP contribution in [0.3, 0.4) is 0 Å². The molecule has 0 saturated carbocycles. The van der Waals surface area contributed by atoms with Gasteiger partial charge in [0.1, 0.15) is 6.10 Å². The van der Waals surface area contributed by atoms with E-state index in [1.54, 1.807) is 0 Å². The zero-order valence-corrected chi connectivity index (χ0v) is 18.4. The van der Waals surface area contributed by atoms with Crippen molar-refractivity contribution in [2.75, 3.05) is 44.6 Å². The molecule has 2 aliphatic rings. The van der Waals surface area contributed by atoms with Crippen LogP contribution >= 0.6 is 27.3 Å². The van der Waals surface area contributed by atoms with Gasteiger partial charge in [-0.05, 0) is 25.0 Å². The molecule has 2 amide bonds. The Hall–Kier alpha value is -1.81. The normalized spacial score (nSPS) is 20.0. The number of carbonyl (C=O) groups is 2. The van der Waals surface area contributed by atoms with Crippen LogP contribution in [0.25, 0.3) is 11.3 Å². The number of piperazine rings is 1. The van der Waals surface area contributed by atoms with Gasteiger partial charge < -0.3 is 15.0 Å². The second kappa shape index (κ2) is 9.34. The number of thiazole rings is 1. The molecule has 3 heterocycles. The highest BCUT2D eigenvalue weighted by Crippen LogP contribution is 2.26. The van der Waals surface area contributed by atoms with Crippen LogP contribution in [-0.4, -0.2) is 72.0 Å². The summed E-state index contributed by atoms with van der Waals surface area (Å²) in [5.74, 6) is 0.00969. The fourth-order valence-electron chi connectivity index (χ4n) is 3.55. The lowest BCUT2D eigenvalue weighted by atomic mass is 10.2. The van der Waals surface area contributed by atoms with Gasteiger partial charge in [-0.1, -0.05) is 28.1 Å². The summed E-state index contributed by atoms with van der Waals surface area (Å²) in [6.07, 6.45) is 1.50. The molecular weight excluding hydrogens is 456 g/mol. The molecule has 1 N–H and O–H groups in total. The first-order valence-corrected chi connectivity index (χ1v) is 11.4. The smallest absolute Gasteiger partial charge is 0.251 e. The summed E-state index contributed by atoms with van der Waals surface area (Å²) in [5.41, 5.74) is 1.86. The maximum atomic E-state index is 12.4. The van der Waals surface area contributed by atoms with Crippen LogP contribution in [0.1, 0.15) is 12.8 Å². The Labute approximate surface area is 182 Å². The summed E-state index contributed by atoms with van der Waals surface area (Å²) >= 11 is 4.84. The molecule has 0 radical (unpaired) electrons. The highest BCUT2D eigenvalue weighted by molar-refractivity contribution is 9.10. The standard InChI is InChI=1S/C20H23BrN4O3S/c21-15-5-3-14(4-6-15)16-13-29-20(22-16)23-18(26)12-24-7-9-25(10-8-24)19(27)17-2-1-11-28-17/h3-6,13,17H,1-2,7-12H2,(H,22,23,26). The van der Waals surface area contributed by atoms with Crippen molar-refractivity contribution >= 4 is 44.2 Å². The third-order valence-electron chi connectivity index (χ3n) is 5.15. The number of anilines is 1. The van der Waals surface area contributed by atoms with E-state index in [4.69, 9.17) is 4.74 Å². The summed E-state index contributed by atoms with van der Waals surface area (Å²) in [7, 11) is 0. The molecule has 2 saturated heterocycles. The van der Waals surface area contributed by atoms with Gasteiger partial charge in [-0.25, -0.2) is 4.98 Å². The Morgan fingerprint density at radius 3 is 2.66 bits per heavy atom. The van der Waals surface area contributed by atoms with E-state index >= 15 is 0 Å². The van der Waals surface area contributed by atoms with E-state index in [2.05, 4.69) is 31.1 Å². The Bertz CT molecular complexity index is 859. The minimum Gasteiger partial charge on any atom is -0.368 e. The lowest BCUT2D eigenvalue weighted by molar-refractivity contribution is -0.142. The van der Waals surface area contributed by atoms with Crippen molar-refractivity contribution in [1.29, 1.82) is 0 Å². The number of nitrogens with zero attached hydrogens (tertiary/aromatic N) is 3. The average molecular weight is 479 g/mol. The van der Waals surface area contributed by atoms with Crippen LogP contribution in [0, 0.1) is 0 Å². The van der Waals surface area contributed by atoms with Crippen LogP contribution in [0.15, 0.2) is 34.1 Å². The monoisotopic (exact) mass is 478 g/mol. The second-order valence-electron chi connectivity index (χ2n) is 7.20. The minimum absolute atomic E-state index is 0.0828. The Morgan fingerprint density at radius 1 is 1.21 bits per heavy atom. The number of halogens is 1. The first-order valence-electron chi connectivity index (χ1n) is 9.72. The van der Waals surface area contributed by atoms with Crippen molar-refractivity contribution < 1.29 is 14.3 Å². The van der Waals surface area contributed by atoms with Crippen molar-refractivity contribution in [2.24, 2.45) is 0 Å². The molecule has 7 nitrogen and oxygen atoms in total. The van der Waals surface area contributed by atoms with Gasteiger partial charge >= 0.3 is 0 Å². The largest absolute Gasteiger partial charge is 0.368 e. The zero-order chi connectivity index (χ0) is 20.2. The topological polar surface area (TPSA) is 74.8 Å². The van der Waals surface area contributed by atoms with Crippen LogP contribution in [0.4, 0.5) is 5.13 Å². The summed E-state index contributed by atoms with van der Waals surface area (Å²) in [4.78, 5) is 33.2. The number of amides is 2. The van der Waals surface area contributed by atoms with E-state index in [0.717, 1.165) is 28.6 Å². The predicted octanol–water partition coefficient (Wildman–Crippen LogP) is 2.83. The van der Waals surface area contributed by atoms with Crippen molar-refractivity contribution in [2.45, 2.75) is 18.9 Å². The van der Waals surface area contributed by atoms with Gasteiger partial charge in [-0.15, -0.1) is 11.3 Å². The van der Waals surface area contributed by atoms with Gasteiger partial charge in [0.2, 0.25) is 5.91 Å². The third kappa shape index (κ3) is 5.22. The van der Waals surface area contributed by atoms with Crippen molar-refractivity contribution in [1.82, 2.24) is 14.8 Å². The molecule has 9 heteroatoms. The number of hydrogen-bond donors (Lipinski definition) is 1. The van der Waals surface area contributed by atoms with Crippen LogP contribution in [-0.2, 0) is 14.3 Å². The molecule has 4 rings (SSSR count). The molecule has 2 fully saturated rings. The Morgan fingerprint density at radius 2 is 1.97 bits per heavy atom. The lowest BCUT2D eigenvalue weighted by Crippen LogP contribution is -2.52. The van der Waals surface area contributed by atoms with Gasteiger partial charge in [0.25, 0.3) is 5.91 Å². The zero-order valence-electron chi connectivity index (χ0n) is 16.0. The fourth-order valence-corrected chi connectivity index (χ4v) is 4.55. The molecule has 2 aliphatic heterocycles. The van der Waals surface area contributed by atoms with Gasteiger partial charge in [-0.3, -0.25) is 14.5 Å². The van der Waals surface area contributed by atoms with E-state index < -0.39 is 0 Å². The Balaban J connectivity index is 1.24. The van der Waals surface area contributed by atoms with E-state index in [-0.39, 0.29) is 17.9 Å². The second-order valence-corrected chi connectivity index (χ2v) is 8.97. The summed E-state index contributed by atoms with van der Waals surface area (Å²) in [5, 5.41) is 5.42. The number of rotatable bonds is 5. The van der Waals surface area contributed by atoms with E-state index in [1.807, 2.05) is 34.5 Å². The average Bonchev–Trinajstić information content (AvgIpc) is 3.41. The minimum atomic E-state index is -0.269. The van der Waals surface area contributed by atoms with Crippen molar-refractivity contribution in [3.05, 3.63) is 34.1 Å². The van der Waals surface area contributed by atoms with Crippen LogP contribution < -0.4 is 5.32 Å². The highest BCUT2D eigenvalue weighted by Gasteiger charge is 2.30. The quantitative estimate of drug-likeness (QED) is 0.714. The molecule has 29 heavy (non-hydrogen) atoms. The predicted molar refractivity (Wildman–Crippen MR) is 116 cm³/mol. The van der Waals surface area contributed by atoms with E-state index in [1.165, 1.54) is 11.3 Å². The molecule has 1 aromatic heterocycles. The molecule has 1 unspecified atom stereocenters. The van der Waals surface area contributed by atoms with Crippen LogP contribution in [0.2, 0.25) is 0 Å². The van der Waals surface area contributed by atoms with E-state index in [9.17, 15) is 9.59 Å². The van der Waals surface area contributed by atoms with Gasteiger partial charge in [0.05, 0.1) is 12.2 Å². The number of hydrogen-bond acceptors (Lipinski definition) is 6. The third-order valence-corrected chi connectivity index (χ3v) is 6.43. The van der Waals surface area contributed by atoms with Gasteiger partial charge in [0.15, 0.2) is 5.13 Å². The summed E-state index contributed by atoms with van der Waals surface area (Å²) in [6.45, 7) is 3.63. The van der Waals surface area contributed by atoms with Gasteiger partial charge in [0, 0.05) is 48.2 Å². The number of carbonyl (C=O) groups excluding carboxylic acids is 2. The first kappa shape index (κ1) is 20.5. The molecule has 154 valence electrons. The van der Waals surface area contributed by atoms with Crippen LogP contribution in [0.5, 0.6) is 0 Å². The van der Waals surface area contributed by atoms with Crippen molar-refractivity contribution in [3.8, 4) is 11.3 Å². The van der Waals surface area contributed by atoms with Gasteiger partial charge in [-0.2, -0.15) is 0 Å². The first-order chi connectivity index (χ1) is 14.1. The maximum Gasteiger partial charge on any atom is 0.251 e. The van der Waals surface area contributed by atoms with Crippen molar-refractivity contribution in [3.63, 3.8) is 0 Å². The number of nitrogens with one attached hydrogen (secondary N) is 1. The summed E-state index contributed by atoms with van der Waals surface area (Å²) in [6, 6.07) is 7.91. The molecule has 0 aliphatic carbocycles. The maximum absolute atomic E-state index is 12.4. The summed E-state index contributed by atoms with van der Waals surface area (Å²) < 4.78 is 6.50. The SMILES string of the molecule is O=C(CN1CCN(C(=O)C2CCCO2)CC1)Nc1nc(-c2ccc(Br)cc2)cs1. The number of ether oxygens (including phenoxy) is 1. The highest BCUT2D eigenvalue weighted by atomic mass is 79.9. The molecule has 1 atom stereocenters. The lowest BCUT2D eigenvalue weighted by Gasteiger charge is -2.35. The molecular formula is C20H23BrN4O3S. The number of benzene rings is 1. The fraction of sp³-hybridized carbons (Fsp3) is 0.450.